The summed E-state index contributed by atoms with van der Waals surface area (Å²) >= 11 is 9.16. The Morgan fingerprint density at radius 2 is 2.00 bits per heavy atom. The molecule has 2 aromatic heterocycles. The Bertz CT molecular complexity index is 749. The van der Waals surface area contributed by atoms with Crippen molar-refractivity contribution >= 4 is 34.7 Å². The fourth-order valence-corrected chi connectivity index (χ4v) is 3.91. The fraction of sp³-hybridized carbons (Fsp3) is 0.214. The van der Waals surface area contributed by atoms with Crippen molar-refractivity contribution in [2.45, 2.75) is 17.0 Å². The molecule has 3 aromatic rings. The average molecular weight is 337 g/mol. The lowest BCUT2D eigenvalue weighted by Crippen LogP contribution is -1.86. The summed E-state index contributed by atoms with van der Waals surface area (Å²) < 4.78 is 2.76. The van der Waals surface area contributed by atoms with Crippen LogP contribution in [0.3, 0.4) is 0 Å². The highest BCUT2D eigenvalue weighted by Gasteiger charge is 2.12. The third-order valence-corrected chi connectivity index (χ3v) is 5.34. The van der Waals surface area contributed by atoms with E-state index in [0.717, 1.165) is 31.4 Å². The van der Waals surface area contributed by atoms with Crippen LogP contribution in [-0.2, 0) is 12.8 Å². The molecule has 0 aliphatic rings. The van der Waals surface area contributed by atoms with Gasteiger partial charge in [-0.1, -0.05) is 46.8 Å². The monoisotopic (exact) mass is 336 g/mol. The summed E-state index contributed by atoms with van der Waals surface area (Å²) in [5, 5.41) is 14.5. The van der Waals surface area contributed by atoms with Crippen molar-refractivity contribution in [3.05, 3.63) is 46.7 Å². The standard InChI is InChI=1S/C14H13ClN4S2/c1-9-12(7-19(2)18-9)13-16-17-14(21-13)20-8-10-3-5-11(15)6-4-10/h3-7H,8H2,1-2H3. The highest BCUT2D eigenvalue weighted by molar-refractivity contribution is 8.00. The van der Waals surface area contributed by atoms with Gasteiger partial charge in [-0.2, -0.15) is 5.10 Å². The molecule has 3 rings (SSSR count). The molecule has 0 N–H and O–H groups in total. The van der Waals surface area contributed by atoms with Crippen LogP contribution in [-0.4, -0.2) is 20.0 Å². The quantitative estimate of drug-likeness (QED) is 0.670. The number of benzene rings is 1. The van der Waals surface area contributed by atoms with Crippen LogP contribution in [0.25, 0.3) is 10.6 Å². The Hall–Kier alpha value is -1.37. The van der Waals surface area contributed by atoms with Crippen LogP contribution in [0.2, 0.25) is 5.02 Å². The maximum Gasteiger partial charge on any atom is 0.174 e. The lowest BCUT2D eigenvalue weighted by atomic mass is 10.2. The minimum atomic E-state index is 0.758. The highest BCUT2D eigenvalue weighted by Crippen LogP contribution is 2.32. The van der Waals surface area contributed by atoms with Gasteiger partial charge < -0.3 is 0 Å². The normalized spacial score (nSPS) is 11.0. The van der Waals surface area contributed by atoms with Crippen LogP contribution >= 0.6 is 34.7 Å². The smallest absolute Gasteiger partial charge is 0.174 e. The van der Waals surface area contributed by atoms with E-state index in [9.17, 15) is 0 Å². The van der Waals surface area contributed by atoms with Gasteiger partial charge in [0.25, 0.3) is 0 Å². The molecular formula is C14H13ClN4S2. The van der Waals surface area contributed by atoms with Crippen molar-refractivity contribution in [1.29, 1.82) is 0 Å². The number of nitrogens with zero attached hydrogens (tertiary/aromatic N) is 4. The topological polar surface area (TPSA) is 43.6 Å². The molecule has 4 nitrogen and oxygen atoms in total. The maximum atomic E-state index is 5.88. The Morgan fingerprint density at radius 3 is 2.67 bits per heavy atom. The van der Waals surface area contributed by atoms with Gasteiger partial charge in [-0.15, -0.1) is 10.2 Å². The molecule has 2 heterocycles. The first kappa shape index (κ1) is 14.6. The van der Waals surface area contributed by atoms with Crippen LogP contribution < -0.4 is 0 Å². The second-order valence-corrected chi connectivity index (χ2v) is 7.23. The van der Waals surface area contributed by atoms with Crippen molar-refractivity contribution in [2.24, 2.45) is 7.05 Å². The summed E-state index contributed by atoms with van der Waals surface area (Å²) in [5.41, 5.74) is 3.25. The molecule has 0 fully saturated rings. The molecule has 108 valence electrons. The predicted molar refractivity (Wildman–Crippen MR) is 87.9 cm³/mol. The largest absolute Gasteiger partial charge is 0.275 e. The number of aryl methyl sites for hydroxylation is 2. The predicted octanol–water partition coefficient (Wildman–Crippen LogP) is 4.19. The Labute approximate surface area is 136 Å². The van der Waals surface area contributed by atoms with E-state index in [-0.39, 0.29) is 0 Å². The van der Waals surface area contributed by atoms with Crippen LogP contribution in [0, 0.1) is 6.92 Å². The van der Waals surface area contributed by atoms with E-state index < -0.39 is 0 Å². The molecule has 0 amide bonds. The first-order valence-corrected chi connectivity index (χ1v) is 8.51. The van der Waals surface area contributed by atoms with E-state index in [1.807, 2.05) is 44.4 Å². The lowest BCUT2D eigenvalue weighted by molar-refractivity contribution is 0.756. The van der Waals surface area contributed by atoms with Gasteiger partial charge in [0.2, 0.25) is 0 Å². The van der Waals surface area contributed by atoms with E-state index >= 15 is 0 Å². The third kappa shape index (κ3) is 3.45. The first-order chi connectivity index (χ1) is 10.1. The number of hydrogen-bond donors (Lipinski definition) is 0. The molecule has 21 heavy (non-hydrogen) atoms. The number of thioether (sulfide) groups is 1. The summed E-state index contributed by atoms with van der Waals surface area (Å²) in [6, 6.07) is 7.87. The number of aromatic nitrogens is 4. The van der Waals surface area contributed by atoms with E-state index in [2.05, 4.69) is 15.3 Å². The Kier molecular flexibility index (Phi) is 4.28. The van der Waals surface area contributed by atoms with Crippen molar-refractivity contribution < 1.29 is 0 Å². The summed E-state index contributed by atoms with van der Waals surface area (Å²) in [7, 11) is 1.91. The van der Waals surface area contributed by atoms with Gasteiger partial charge in [0.15, 0.2) is 9.35 Å². The maximum absolute atomic E-state index is 5.88. The SMILES string of the molecule is Cc1nn(C)cc1-c1nnc(SCc2ccc(Cl)cc2)s1. The molecule has 0 aliphatic carbocycles. The van der Waals surface area contributed by atoms with Gasteiger partial charge in [-0.05, 0) is 24.6 Å². The van der Waals surface area contributed by atoms with Gasteiger partial charge in [0.05, 0.1) is 11.3 Å². The summed E-state index contributed by atoms with van der Waals surface area (Å²) in [5.74, 6) is 0.859. The van der Waals surface area contributed by atoms with Gasteiger partial charge >= 0.3 is 0 Å². The third-order valence-electron chi connectivity index (χ3n) is 2.93. The molecule has 0 radical (unpaired) electrons. The molecule has 0 saturated heterocycles. The minimum Gasteiger partial charge on any atom is -0.275 e. The van der Waals surface area contributed by atoms with Gasteiger partial charge in [0, 0.05) is 24.0 Å². The van der Waals surface area contributed by atoms with Crippen molar-refractivity contribution in [3.8, 4) is 10.6 Å². The Morgan fingerprint density at radius 1 is 1.24 bits per heavy atom. The molecule has 0 spiro atoms. The zero-order valence-corrected chi connectivity index (χ0v) is 14.0. The number of halogens is 1. The van der Waals surface area contributed by atoms with E-state index in [0.29, 0.717) is 0 Å². The van der Waals surface area contributed by atoms with Gasteiger partial charge in [-0.25, -0.2) is 0 Å². The van der Waals surface area contributed by atoms with E-state index in [1.54, 1.807) is 27.8 Å². The van der Waals surface area contributed by atoms with Gasteiger partial charge in [-0.3, -0.25) is 4.68 Å². The van der Waals surface area contributed by atoms with Crippen LogP contribution in [0.1, 0.15) is 11.3 Å². The van der Waals surface area contributed by atoms with Crippen molar-refractivity contribution in [2.75, 3.05) is 0 Å². The number of hydrogen-bond acceptors (Lipinski definition) is 5. The van der Waals surface area contributed by atoms with E-state index in [1.165, 1.54) is 5.56 Å². The molecule has 7 heteroatoms. The summed E-state index contributed by atoms with van der Waals surface area (Å²) in [6.07, 6.45) is 1.98. The van der Waals surface area contributed by atoms with Crippen LogP contribution in [0.4, 0.5) is 0 Å². The van der Waals surface area contributed by atoms with Crippen molar-refractivity contribution in [1.82, 2.24) is 20.0 Å². The molecule has 0 aliphatic heterocycles. The van der Waals surface area contributed by atoms with Crippen LogP contribution in [0.15, 0.2) is 34.8 Å². The van der Waals surface area contributed by atoms with Crippen LogP contribution in [0.5, 0.6) is 0 Å². The van der Waals surface area contributed by atoms with Gasteiger partial charge in [0.1, 0.15) is 0 Å². The minimum absolute atomic E-state index is 0.758. The molecule has 0 atom stereocenters. The second-order valence-electron chi connectivity index (χ2n) is 4.59. The summed E-state index contributed by atoms with van der Waals surface area (Å²) in [4.78, 5) is 0. The molecule has 1 aromatic carbocycles. The molecule has 0 saturated carbocycles. The molecule has 0 unspecified atom stereocenters. The number of rotatable bonds is 4. The summed E-state index contributed by atoms with van der Waals surface area (Å²) in [6.45, 7) is 1.98. The van der Waals surface area contributed by atoms with Crippen molar-refractivity contribution in [3.63, 3.8) is 0 Å². The second kappa shape index (κ2) is 6.17. The zero-order valence-electron chi connectivity index (χ0n) is 11.6. The highest BCUT2D eigenvalue weighted by atomic mass is 35.5. The fourth-order valence-electron chi connectivity index (χ4n) is 1.91. The molecular weight excluding hydrogens is 324 g/mol. The Balaban J connectivity index is 1.70. The lowest BCUT2D eigenvalue weighted by Gasteiger charge is -1.98. The molecule has 0 bridgehead atoms. The first-order valence-electron chi connectivity index (χ1n) is 6.33. The van der Waals surface area contributed by atoms with E-state index in [4.69, 9.17) is 11.6 Å². The zero-order chi connectivity index (χ0) is 14.8. The average Bonchev–Trinajstić information content (AvgIpc) is 3.04.